The lowest BCUT2D eigenvalue weighted by molar-refractivity contribution is -0.384. The second kappa shape index (κ2) is 6.19. The van der Waals surface area contributed by atoms with Crippen LogP contribution in [0.1, 0.15) is 16.2 Å². The summed E-state index contributed by atoms with van der Waals surface area (Å²) in [6, 6.07) is 6.54. The fraction of sp³-hybridized carbons (Fsp3) is 0.125. The van der Waals surface area contributed by atoms with Crippen LogP contribution in [0.4, 0.5) is 15.8 Å². The Labute approximate surface area is 141 Å². The molecule has 128 valence electrons. The predicted molar refractivity (Wildman–Crippen MR) is 87.5 cm³/mol. The van der Waals surface area contributed by atoms with E-state index in [9.17, 15) is 19.3 Å². The van der Waals surface area contributed by atoms with Gasteiger partial charge in [-0.1, -0.05) is 0 Å². The van der Waals surface area contributed by atoms with Crippen LogP contribution < -0.4 is 10.1 Å². The van der Waals surface area contributed by atoms with E-state index < -0.39 is 16.6 Å². The fourth-order valence-electron chi connectivity index (χ4n) is 2.50. The van der Waals surface area contributed by atoms with Gasteiger partial charge < -0.3 is 10.1 Å². The van der Waals surface area contributed by atoms with Crippen molar-refractivity contribution >= 4 is 22.9 Å². The summed E-state index contributed by atoms with van der Waals surface area (Å²) >= 11 is 0. The first kappa shape index (κ1) is 16.4. The Kier molecular flexibility index (Phi) is 4.05. The number of carbonyl (C=O) groups is 1. The normalized spacial score (nSPS) is 10.7. The Bertz CT molecular complexity index is 999. The molecule has 2 aromatic heterocycles. The van der Waals surface area contributed by atoms with Crippen molar-refractivity contribution in [1.29, 1.82) is 0 Å². The lowest BCUT2D eigenvalue weighted by atomic mass is 10.2. The molecular formula is C16H13FN4O4. The molecule has 0 spiro atoms. The zero-order valence-corrected chi connectivity index (χ0v) is 13.3. The number of fused-ring (bicyclic) bond motifs is 1. The van der Waals surface area contributed by atoms with E-state index in [0.717, 1.165) is 6.20 Å². The molecule has 8 nitrogen and oxygen atoms in total. The van der Waals surface area contributed by atoms with E-state index in [0.29, 0.717) is 11.3 Å². The third kappa shape index (κ3) is 2.99. The van der Waals surface area contributed by atoms with Crippen molar-refractivity contribution in [3.05, 3.63) is 63.8 Å². The van der Waals surface area contributed by atoms with Crippen LogP contribution in [0, 0.1) is 22.9 Å². The number of anilines is 1. The van der Waals surface area contributed by atoms with Crippen LogP contribution in [-0.2, 0) is 0 Å². The lowest BCUT2D eigenvalue weighted by Gasteiger charge is -2.10. The van der Waals surface area contributed by atoms with Crippen LogP contribution in [0.2, 0.25) is 0 Å². The number of carbonyl (C=O) groups excluding carboxylic acids is 1. The van der Waals surface area contributed by atoms with Gasteiger partial charge in [0.25, 0.3) is 11.6 Å². The van der Waals surface area contributed by atoms with Gasteiger partial charge in [0.05, 0.1) is 23.4 Å². The molecule has 3 rings (SSSR count). The number of nitro benzene ring substituents is 1. The minimum absolute atomic E-state index is 0.128. The fourth-order valence-corrected chi connectivity index (χ4v) is 2.50. The Morgan fingerprint density at radius 1 is 1.36 bits per heavy atom. The number of nitrogens with one attached hydrogen (secondary N) is 1. The van der Waals surface area contributed by atoms with E-state index in [2.05, 4.69) is 10.3 Å². The molecule has 25 heavy (non-hydrogen) atoms. The van der Waals surface area contributed by atoms with Crippen molar-refractivity contribution < 1.29 is 18.8 Å². The summed E-state index contributed by atoms with van der Waals surface area (Å²) in [6.07, 6.45) is 1.15. The molecule has 1 N–H and O–H groups in total. The number of hydrogen-bond acceptors (Lipinski definition) is 5. The van der Waals surface area contributed by atoms with E-state index >= 15 is 0 Å². The molecule has 0 saturated heterocycles. The smallest absolute Gasteiger partial charge is 0.274 e. The number of rotatable bonds is 4. The van der Waals surface area contributed by atoms with Gasteiger partial charge in [0.2, 0.25) is 0 Å². The molecule has 9 heteroatoms. The molecule has 0 unspecified atom stereocenters. The van der Waals surface area contributed by atoms with Crippen molar-refractivity contribution in [3.8, 4) is 5.75 Å². The standard InChI is InChI=1S/C16H13FN4O4/c1-9-15(20-8-10(17)3-6-14(20)18-9)16(22)19-12-7-11(21(23)24)4-5-13(12)25-2/h3-8H,1-2H3,(H,19,22). The molecule has 0 radical (unpaired) electrons. The maximum absolute atomic E-state index is 13.5. The Morgan fingerprint density at radius 3 is 2.80 bits per heavy atom. The van der Waals surface area contributed by atoms with E-state index in [1.807, 2.05) is 0 Å². The van der Waals surface area contributed by atoms with Crippen molar-refractivity contribution in [3.63, 3.8) is 0 Å². The second-order valence-corrected chi connectivity index (χ2v) is 5.22. The average Bonchev–Trinajstić information content (AvgIpc) is 2.89. The number of halogens is 1. The third-order valence-corrected chi connectivity index (χ3v) is 3.61. The highest BCUT2D eigenvalue weighted by Gasteiger charge is 2.20. The van der Waals surface area contributed by atoms with Crippen molar-refractivity contribution in [2.24, 2.45) is 0 Å². The maximum atomic E-state index is 13.5. The van der Waals surface area contributed by atoms with Gasteiger partial charge in [0.15, 0.2) is 0 Å². The minimum atomic E-state index is -0.589. The summed E-state index contributed by atoms with van der Waals surface area (Å²) in [7, 11) is 1.38. The maximum Gasteiger partial charge on any atom is 0.274 e. The number of amides is 1. The molecule has 0 fully saturated rings. The molecule has 0 bridgehead atoms. The van der Waals surface area contributed by atoms with Crippen LogP contribution in [0.3, 0.4) is 0 Å². The zero-order valence-electron chi connectivity index (χ0n) is 13.3. The number of nitro groups is 1. The Balaban J connectivity index is 2.03. The molecule has 1 amide bonds. The van der Waals surface area contributed by atoms with Gasteiger partial charge in [0, 0.05) is 18.3 Å². The molecule has 2 heterocycles. The molecule has 3 aromatic rings. The summed E-state index contributed by atoms with van der Waals surface area (Å²) in [4.78, 5) is 27.2. The van der Waals surface area contributed by atoms with Gasteiger partial charge in [-0.25, -0.2) is 9.37 Å². The Hall–Kier alpha value is -3.49. The van der Waals surface area contributed by atoms with E-state index in [-0.39, 0.29) is 22.8 Å². The number of hydrogen-bond donors (Lipinski definition) is 1. The second-order valence-electron chi connectivity index (χ2n) is 5.22. The van der Waals surface area contributed by atoms with Crippen molar-refractivity contribution in [1.82, 2.24) is 9.38 Å². The number of benzene rings is 1. The molecule has 1 aromatic carbocycles. The van der Waals surface area contributed by atoms with Gasteiger partial charge in [-0.15, -0.1) is 0 Å². The first-order valence-corrected chi connectivity index (χ1v) is 7.18. The monoisotopic (exact) mass is 344 g/mol. The zero-order chi connectivity index (χ0) is 18.1. The number of pyridine rings is 1. The average molecular weight is 344 g/mol. The van der Waals surface area contributed by atoms with Gasteiger partial charge in [-0.05, 0) is 25.1 Å². The summed E-state index contributed by atoms with van der Waals surface area (Å²) in [5.41, 5.74) is 0.870. The number of aromatic nitrogens is 2. The molecule has 0 aliphatic rings. The van der Waals surface area contributed by atoms with E-state index in [1.165, 1.54) is 41.8 Å². The van der Waals surface area contributed by atoms with Gasteiger partial charge in [0.1, 0.15) is 22.9 Å². The highest BCUT2D eigenvalue weighted by Crippen LogP contribution is 2.29. The summed E-state index contributed by atoms with van der Waals surface area (Å²) in [5.74, 6) is -0.849. The topological polar surface area (TPSA) is 98.8 Å². The van der Waals surface area contributed by atoms with Gasteiger partial charge in [-0.2, -0.15) is 0 Å². The Morgan fingerprint density at radius 2 is 2.12 bits per heavy atom. The van der Waals surface area contributed by atoms with E-state index in [4.69, 9.17) is 4.74 Å². The number of methoxy groups -OCH3 is 1. The minimum Gasteiger partial charge on any atom is -0.495 e. The summed E-state index contributed by atoms with van der Waals surface area (Å²) in [6.45, 7) is 1.62. The number of non-ortho nitro benzene ring substituents is 1. The van der Waals surface area contributed by atoms with Crippen LogP contribution in [0.15, 0.2) is 36.5 Å². The van der Waals surface area contributed by atoms with Crippen molar-refractivity contribution in [2.45, 2.75) is 6.92 Å². The number of ether oxygens (including phenoxy) is 1. The highest BCUT2D eigenvalue weighted by atomic mass is 19.1. The number of nitrogens with zero attached hydrogens (tertiary/aromatic N) is 3. The van der Waals surface area contributed by atoms with Crippen LogP contribution in [-0.4, -0.2) is 27.3 Å². The quantitative estimate of drug-likeness (QED) is 0.579. The molecule has 0 aliphatic heterocycles. The third-order valence-electron chi connectivity index (χ3n) is 3.61. The molecular weight excluding hydrogens is 331 g/mol. The highest BCUT2D eigenvalue weighted by molar-refractivity contribution is 6.05. The van der Waals surface area contributed by atoms with Crippen molar-refractivity contribution in [2.75, 3.05) is 12.4 Å². The van der Waals surface area contributed by atoms with E-state index in [1.54, 1.807) is 6.92 Å². The SMILES string of the molecule is COc1ccc([N+](=O)[O-])cc1NC(=O)c1c(C)nc2ccc(F)cn12. The van der Waals surface area contributed by atoms with Crippen LogP contribution >= 0.6 is 0 Å². The largest absolute Gasteiger partial charge is 0.495 e. The summed E-state index contributed by atoms with van der Waals surface area (Å²) in [5, 5.41) is 13.5. The van der Waals surface area contributed by atoms with Gasteiger partial charge >= 0.3 is 0 Å². The molecule has 0 atom stereocenters. The van der Waals surface area contributed by atoms with Gasteiger partial charge in [-0.3, -0.25) is 19.3 Å². The predicted octanol–water partition coefficient (Wildman–Crippen LogP) is 2.95. The number of aryl methyl sites for hydroxylation is 1. The summed E-state index contributed by atoms with van der Waals surface area (Å²) < 4.78 is 19.9. The first-order valence-electron chi connectivity index (χ1n) is 7.18. The lowest BCUT2D eigenvalue weighted by Crippen LogP contribution is -2.16. The van der Waals surface area contributed by atoms with Crippen LogP contribution in [0.25, 0.3) is 5.65 Å². The van der Waals surface area contributed by atoms with Crippen LogP contribution in [0.5, 0.6) is 5.75 Å². The molecule has 0 saturated carbocycles. The molecule has 0 aliphatic carbocycles. The first-order chi connectivity index (χ1) is 11.9. The number of imidazole rings is 1.